The van der Waals surface area contributed by atoms with Crippen LogP contribution in [0.15, 0.2) is 90.0 Å². The Balaban J connectivity index is 1.58. The molecular weight excluding hydrogens is 364 g/mol. The van der Waals surface area contributed by atoms with E-state index < -0.39 is 5.91 Å². The van der Waals surface area contributed by atoms with Gasteiger partial charge >= 0.3 is 0 Å². The topological polar surface area (TPSA) is 87.8 Å². The van der Waals surface area contributed by atoms with Gasteiger partial charge in [0.25, 0.3) is 5.91 Å². The van der Waals surface area contributed by atoms with E-state index in [-0.39, 0.29) is 11.9 Å². The summed E-state index contributed by atoms with van der Waals surface area (Å²) in [5.41, 5.74) is 8.69. The van der Waals surface area contributed by atoms with Crippen LogP contribution in [0.2, 0.25) is 0 Å². The average Bonchev–Trinajstić information content (AvgIpc) is 3.21. The maximum Gasteiger partial charge on any atom is 0.271 e. The monoisotopic (exact) mass is 384 g/mol. The maximum atomic E-state index is 12.8. The highest BCUT2D eigenvalue weighted by Crippen LogP contribution is 2.35. The zero-order valence-corrected chi connectivity index (χ0v) is 15.7. The normalized spacial score (nSPS) is 15.7. The van der Waals surface area contributed by atoms with Crippen LogP contribution in [0.3, 0.4) is 0 Å². The van der Waals surface area contributed by atoms with Gasteiger partial charge in [-0.1, -0.05) is 48.5 Å². The first kappa shape index (κ1) is 18.4. The Morgan fingerprint density at radius 3 is 2.14 bits per heavy atom. The highest BCUT2D eigenvalue weighted by Gasteiger charge is 2.32. The van der Waals surface area contributed by atoms with Crippen LogP contribution in [0, 0.1) is 0 Å². The molecule has 1 aliphatic rings. The lowest BCUT2D eigenvalue weighted by atomic mass is 10.0. The standard InChI is InChI=1S/C23H20N4O2/c24-22(28)17-11-13-18(14-12-17)25-23(29)20-15-21(16-7-3-1-4-8-16)27(26-20)19-9-5-2-6-10-19/h1-14,21H,15H2,(H2,24,28)(H,25,29)/t21-/m1/s1. The number of nitrogens with one attached hydrogen (secondary N) is 1. The van der Waals surface area contributed by atoms with Crippen LogP contribution in [0.25, 0.3) is 0 Å². The quantitative estimate of drug-likeness (QED) is 0.702. The number of para-hydroxylation sites is 1. The number of nitrogens with two attached hydrogens (primary N) is 1. The van der Waals surface area contributed by atoms with E-state index in [2.05, 4.69) is 10.4 Å². The molecule has 0 spiro atoms. The molecule has 0 aliphatic carbocycles. The van der Waals surface area contributed by atoms with Crippen molar-refractivity contribution in [1.29, 1.82) is 0 Å². The molecule has 0 aromatic heterocycles. The Hall–Kier alpha value is -3.93. The molecule has 6 heteroatoms. The molecule has 0 bridgehead atoms. The van der Waals surface area contributed by atoms with Crippen molar-refractivity contribution in [2.45, 2.75) is 12.5 Å². The summed E-state index contributed by atoms with van der Waals surface area (Å²) in [6.07, 6.45) is 0.490. The summed E-state index contributed by atoms with van der Waals surface area (Å²) in [5, 5.41) is 9.36. The van der Waals surface area contributed by atoms with Gasteiger partial charge in [0.2, 0.25) is 5.91 Å². The van der Waals surface area contributed by atoms with Crippen molar-refractivity contribution in [3.05, 3.63) is 96.1 Å². The van der Waals surface area contributed by atoms with Gasteiger partial charge in [-0.3, -0.25) is 14.6 Å². The molecule has 0 unspecified atom stereocenters. The number of primary amides is 1. The number of carbonyl (C=O) groups excluding carboxylic acids is 2. The first-order valence-corrected chi connectivity index (χ1v) is 9.30. The van der Waals surface area contributed by atoms with E-state index >= 15 is 0 Å². The van der Waals surface area contributed by atoms with Gasteiger partial charge in [0.05, 0.1) is 11.7 Å². The fourth-order valence-electron chi connectivity index (χ4n) is 3.32. The summed E-state index contributed by atoms with van der Waals surface area (Å²) in [5.74, 6) is -0.775. The van der Waals surface area contributed by atoms with E-state index in [0.717, 1.165) is 11.3 Å². The van der Waals surface area contributed by atoms with Gasteiger partial charge in [-0.25, -0.2) is 0 Å². The average molecular weight is 384 g/mol. The van der Waals surface area contributed by atoms with Crippen LogP contribution in [0.5, 0.6) is 0 Å². The minimum Gasteiger partial charge on any atom is -0.366 e. The molecule has 2 amide bonds. The zero-order valence-electron chi connectivity index (χ0n) is 15.7. The number of rotatable bonds is 5. The minimum atomic E-state index is -0.507. The van der Waals surface area contributed by atoms with Crippen LogP contribution in [0.1, 0.15) is 28.4 Å². The van der Waals surface area contributed by atoms with Crippen molar-refractivity contribution in [2.75, 3.05) is 10.3 Å². The van der Waals surface area contributed by atoms with Crippen LogP contribution >= 0.6 is 0 Å². The Kier molecular flexibility index (Phi) is 5.07. The molecular formula is C23H20N4O2. The molecule has 1 heterocycles. The fraction of sp³-hybridized carbons (Fsp3) is 0.0870. The number of hydrazone groups is 1. The molecule has 29 heavy (non-hydrogen) atoms. The summed E-state index contributed by atoms with van der Waals surface area (Å²) in [7, 11) is 0. The van der Waals surface area contributed by atoms with Crippen molar-refractivity contribution >= 4 is 28.9 Å². The van der Waals surface area contributed by atoms with Gasteiger partial charge in [0, 0.05) is 17.7 Å². The number of benzene rings is 3. The van der Waals surface area contributed by atoms with Crippen molar-refractivity contribution in [2.24, 2.45) is 10.8 Å². The summed E-state index contributed by atoms with van der Waals surface area (Å²) >= 11 is 0. The van der Waals surface area contributed by atoms with Crippen LogP contribution < -0.4 is 16.1 Å². The SMILES string of the molecule is NC(=O)c1ccc(NC(=O)C2=NN(c3ccccc3)[C@@H](c3ccccc3)C2)cc1. The first-order valence-electron chi connectivity index (χ1n) is 9.30. The second-order valence-electron chi connectivity index (χ2n) is 6.75. The third-order valence-electron chi connectivity index (χ3n) is 4.80. The predicted molar refractivity (Wildman–Crippen MR) is 114 cm³/mol. The van der Waals surface area contributed by atoms with Gasteiger partial charge in [0.1, 0.15) is 5.71 Å². The Bertz CT molecular complexity index is 1050. The number of amides is 2. The Labute approximate surface area is 168 Å². The van der Waals surface area contributed by atoms with Gasteiger partial charge in [-0.2, -0.15) is 5.10 Å². The van der Waals surface area contributed by atoms with Crippen molar-refractivity contribution in [3.8, 4) is 0 Å². The second kappa shape index (κ2) is 7.98. The third-order valence-corrected chi connectivity index (χ3v) is 4.80. The molecule has 3 N–H and O–H groups in total. The van der Waals surface area contributed by atoms with E-state index in [1.165, 1.54) is 0 Å². The molecule has 0 saturated carbocycles. The Morgan fingerprint density at radius 1 is 0.897 bits per heavy atom. The highest BCUT2D eigenvalue weighted by atomic mass is 16.2. The summed E-state index contributed by atoms with van der Waals surface area (Å²) in [6.45, 7) is 0. The molecule has 1 atom stereocenters. The summed E-state index contributed by atoms with van der Waals surface area (Å²) in [6, 6.07) is 26.2. The van der Waals surface area contributed by atoms with Crippen LogP contribution in [-0.4, -0.2) is 17.5 Å². The van der Waals surface area contributed by atoms with Crippen molar-refractivity contribution < 1.29 is 9.59 Å². The van der Waals surface area contributed by atoms with Crippen molar-refractivity contribution in [3.63, 3.8) is 0 Å². The lowest BCUT2D eigenvalue weighted by molar-refractivity contribution is -0.110. The molecule has 0 fully saturated rings. The Morgan fingerprint density at radius 2 is 1.52 bits per heavy atom. The number of anilines is 2. The minimum absolute atomic E-state index is 0.0587. The molecule has 0 radical (unpaired) electrons. The van der Waals surface area contributed by atoms with Gasteiger partial charge < -0.3 is 11.1 Å². The van der Waals surface area contributed by atoms with Gasteiger partial charge in [-0.05, 0) is 42.0 Å². The van der Waals surface area contributed by atoms with E-state index in [0.29, 0.717) is 23.4 Å². The molecule has 6 nitrogen and oxygen atoms in total. The smallest absolute Gasteiger partial charge is 0.271 e. The second-order valence-corrected chi connectivity index (χ2v) is 6.75. The largest absolute Gasteiger partial charge is 0.366 e. The lowest BCUT2D eigenvalue weighted by Gasteiger charge is -2.23. The molecule has 0 saturated heterocycles. The third kappa shape index (κ3) is 4.01. The number of nitrogens with zero attached hydrogens (tertiary/aromatic N) is 2. The van der Waals surface area contributed by atoms with Crippen LogP contribution in [0.4, 0.5) is 11.4 Å². The lowest BCUT2D eigenvalue weighted by Crippen LogP contribution is -2.22. The van der Waals surface area contributed by atoms with E-state index in [4.69, 9.17) is 5.73 Å². The number of hydrogen-bond donors (Lipinski definition) is 2. The maximum absolute atomic E-state index is 12.8. The molecule has 1 aliphatic heterocycles. The summed E-state index contributed by atoms with van der Waals surface area (Å²) < 4.78 is 0. The predicted octanol–water partition coefficient (Wildman–Crippen LogP) is 3.73. The first-order chi connectivity index (χ1) is 14.1. The number of carbonyl (C=O) groups is 2. The zero-order chi connectivity index (χ0) is 20.2. The van der Waals surface area contributed by atoms with E-state index in [9.17, 15) is 9.59 Å². The van der Waals surface area contributed by atoms with Gasteiger partial charge in [0.15, 0.2) is 0 Å². The van der Waals surface area contributed by atoms with Crippen molar-refractivity contribution in [1.82, 2.24) is 0 Å². The molecule has 3 aromatic rings. The van der Waals surface area contributed by atoms with E-state index in [1.807, 2.05) is 65.7 Å². The van der Waals surface area contributed by atoms with Gasteiger partial charge in [-0.15, -0.1) is 0 Å². The molecule has 4 rings (SSSR count). The highest BCUT2D eigenvalue weighted by molar-refractivity contribution is 6.43. The fourth-order valence-corrected chi connectivity index (χ4v) is 3.32. The van der Waals surface area contributed by atoms with E-state index in [1.54, 1.807) is 24.3 Å². The number of hydrogen-bond acceptors (Lipinski definition) is 4. The molecule has 3 aromatic carbocycles. The van der Waals surface area contributed by atoms with Crippen LogP contribution in [-0.2, 0) is 4.79 Å². The summed E-state index contributed by atoms with van der Waals surface area (Å²) in [4.78, 5) is 24.0. The molecule has 144 valence electrons.